The van der Waals surface area contributed by atoms with E-state index in [1.54, 1.807) is 37.3 Å². The number of nitrogens with one attached hydrogen (secondary N) is 1. The van der Waals surface area contributed by atoms with Crippen molar-refractivity contribution in [3.8, 4) is 11.8 Å². The Morgan fingerprint density at radius 3 is 2.38 bits per heavy atom. The highest BCUT2D eigenvalue weighted by atomic mass is 19.4. The van der Waals surface area contributed by atoms with Gasteiger partial charge in [-0.3, -0.25) is 24.2 Å². The fourth-order valence-electron chi connectivity index (χ4n) is 7.37. The number of morpholine rings is 1. The Morgan fingerprint density at radius 2 is 1.74 bits per heavy atom. The van der Waals surface area contributed by atoms with Gasteiger partial charge in [0.15, 0.2) is 5.69 Å². The number of nitrogens with zero attached hydrogens (tertiary/aromatic N) is 6. The molecule has 15 heteroatoms. The third-order valence-electron chi connectivity index (χ3n) is 9.89. The third kappa shape index (κ3) is 6.99. The van der Waals surface area contributed by atoms with E-state index in [2.05, 4.69) is 16.3 Å². The SMILES string of the molecule is CCN1C(=O)C(NC(=O)c2cccc(C(F)(F)F)c2)[C@@H](c2ccc(F)cc2)c2c(C(=O)N(CC#N)CCN3CC4CC(C3)O4)nn(-c3ccccc3)c21. The van der Waals surface area contributed by atoms with Crippen LogP contribution in [0.3, 0.4) is 0 Å². The lowest BCUT2D eigenvalue weighted by atomic mass is 9.80. The summed E-state index contributed by atoms with van der Waals surface area (Å²) in [6, 6.07) is 18.4. The van der Waals surface area contributed by atoms with Crippen molar-refractivity contribution in [2.75, 3.05) is 44.2 Å². The summed E-state index contributed by atoms with van der Waals surface area (Å²) in [5.74, 6) is -3.67. The maximum atomic E-state index is 14.7. The lowest BCUT2D eigenvalue weighted by Gasteiger charge is -2.47. The van der Waals surface area contributed by atoms with E-state index in [9.17, 15) is 37.2 Å². The summed E-state index contributed by atoms with van der Waals surface area (Å²) in [6.45, 7) is 3.56. The van der Waals surface area contributed by atoms with Crippen molar-refractivity contribution in [1.82, 2.24) is 24.9 Å². The summed E-state index contributed by atoms with van der Waals surface area (Å²) < 4.78 is 62.3. The molecular formula is C38H35F4N7O4. The van der Waals surface area contributed by atoms with Crippen molar-refractivity contribution in [3.63, 3.8) is 0 Å². The van der Waals surface area contributed by atoms with Gasteiger partial charge in [-0.15, -0.1) is 0 Å². The van der Waals surface area contributed by atoms with Crippen molar-refractivity contribution in [2.45, 2.75) is 43.7 Å². The minimum atomic E-state index is -4.72. The van der Waals surface area contributed by atoms with Gasteiger partial charge in [-0.05, 0) is 55.0 Å². The van der Waals surface area contributed by atoms with Crippen LogP contribution >= 0.6 is 0 Å². The zero-order chi connectivity index (χ0) is 37.4. The van der Waals surface area contributed by atoms with E-state index in [1.165, 1.54) is 44.8 Å². The minimum absolute atomic E-state index is 0.0608. The molecule has 3 saturated heterocycles. The quantitative estimate of drug-likeness (QED) is 0.184. The first kappa shape index (κ1) is 35.8. The number of para-hydroxylation sites is 1. The summed E-state index contributed by atoms with van der Waals surface area (Å²) >= 11 is 0. The molecule has 53 heavy (non-hydrogen) atoms. The van der Waals surface area contributed by atoms with E-state index < -0.39 is 47.2 Å². The topological polar surface area (TPSA) is 124 Å². The average molecular weight is 730 g/mol. The summed E-state index contributed by atoms with van der Waals surface area (Å²) in [5, 5.41) is 17.3. The fraction of sp³-hybridized carbons (Fsp3) is 0.342. The van der Waals surface area contributed by atoms with Crippen molar-refractivity contribution in [3.05, 3.63) is 113 Å². The number of nitriles is 1. The molecule has 5 heterocycles. The van der Waals surface area contributed by atoms with Crippen LogP contribution in [0.5, 0.6) is 0 Å². The Labute approximate surface area is 302 Å². The summed E-state index contributed by atoms with van der Waals surface area (Å²) in [4.78, 5) is 47.9. The Kier molecular flexibility index (Phi) is 9.75. The van der Waals surface area contributed by atoms with E-state index in [4.69, 9.17) is 9.84 Å². The van der Waals surface area contributed by atoms with Crippen LogP contribution in [0.2, 0.25) is 0 Å². The molecule has 2 bridgehead atoms. The molecule has 4 aliphatic heterocycles. The number of likely N-dealkylation sites (N-methyl/N-ethyl adjacent to an activating group) is 1. The number of alkyl halides is 3. The fourth-order valence-corrected chi connectivity index (χ4v) is 7.37. The largest absolute Gasteiger partial charge is 0.416 e. The minimum Gasteiger partial charge on any atom is -0.372 e. The van der Waals surface area contributed by atoms with Crippen LogP contribution in [-0.4, -0.2) is 94.8 Å². The van der Waals surface area contributed by atoms with Crippen LogP contribution in [0.1, 0.15) is 56.8 Å². The zero-order valence-corrected chi connectivity index (χ0v) is 28.6. The average Bonchev–Trinajstić information content (AvgIpc) is 3.53. The van der Waals surface area contributed by atoms with Crippen molar-refractivity contribution in [2.24, 2.45) is 0 Å². The smallest absolute Gasteiger partial charge is 0.372 e. The number of carbonyl (C=O) groups is 3. The van der Waals surface area contributed by atoms with Crippen LogP contribution in [0, 0.1) is 17.1 Å². The number of fused-ring (bicyclic) bond motifs is 3. The van der Waals surface area contributed by atoms with E-state index in [0.717, 1.165) is 18.6 Å². The first-order valence-corrected chi connectivity index (χ1v) is 17.2. The molecule has 0 aliphatic carbocycles. The van der Waals surface area contributed by atoms with E-state index in [-0.39, 0.29) is 54.5 Å². The standard InChI is InChI=1S/C38H35F4N7O4/c1-2-48-35-31(30(23-11-13-26(39)14-12-23)32(37(48)52)44-34(50)24-7-6-8-25(19-24)38(40,41)42)33(45-49(35)27-9-4-3-5-10-27)36(51)47(16-15-43)18-17-46-21-28-20-29(22-46)53-28/h3-14,19,28-30,32H,2,16-18,20-22H2,1H3,(H,44,50)/t28?,29?,30-,32?/m0/s1. The normalized spacial score (nSPS) is 21.0. The number of hydrogen-bond donors (Lipinski definition) is 1. The Bertz CT molecular complexity index is 2050. The monoisotopic (exact) mass is 729 g/mol. The molecule has 8 rings (SSSR count). The molecule has 3 aromatic carbocycles. The van der Waals surface area contributed by atoms with Crippen LogP contribution in [0.25, 0.3) is 5.69 Å². The number of benzene rings is 3. The highest BCUT2D eigenvalue weighted by Gasteiger charge is 2.48. The number of anilines is 1. The van der Waals surface area contributed by atoms with Gasteiger partial charge in [0.2, 0.25) is 0 Å². The first-order valence-electron chi connectivity index (χ1n) is 17.2. The van der Waals surface area contributed by atoms with Crippen LogP contribution < -0.4 is 10.2 Å². The van der Waals surface area contributed by atoms with E-state index in [1.807, 2.05) is 0 Å². The summed E-state index contributed by atoms with van der Waals surface area (Å²) in [7, 11) is 0. The summed E-state index contributed by atoms with van der Waals surface area (Å²) in [6.07, 6.45) is -3.46. The number of carbonyl (C=O) groups excluding carboxylic acids is 3. The number of aromatic nitrogens is 2. The molecule has 4 aromatic rings. The van der Waals surface area contributed by atoms with Gasteiger partial charge in [0.25, 0.3) is 17.7 Å². The highest BCUT2D eigenvalue weighted by molar-refractivity contribution is 6.07. The van der Waals surface area contributed by atoms with Gasteiger partial charge in [-0.1, -0.05) is 36.4 Å². The zero-order valence-electron chi connectivity index (χ0n) is 28.6. The van der Waals surface area contributed by atoms with Gasteiger partial charge in [-0.25, -0.2) is 9.07 Å². The van der Waals surface area contributed by atoms with Gasteiger partial charge in [0.05, 0.1) is 29.5 Å². The third-order valence-corrected chi connectivity index (χ3v) is 9.89. The molecule has 1 aromatic heterocycles. The number of amides is 3. The van der Waals surface area contributed by atoms with Gasteiger partial charge < -0.3 is 15.0 Å². The number of ether oxygens (including phenoxy) is 1. The van der Waals surface area contributed by atoms with Crippen LogP contribution in [-0.2, 0) is 15.7 Å². The molecule has 0 saturated carbocycles. The molecule has 3 fully saturated rings. The Balaban J connectivity index is 1.35. The highest BCUT2D eigenvalue weighted by Crippen LogP contribution is 2.44. The molecular weight excluding hydrogens is 694 g/mol. The molecule has 0 spiro atoms. The molecule has 3 unspecified atom stereocenters. The molecule has 0 radical (unpaired) electrons. The predicted octanol–water partition coefficient (Wildman–Crippen LogP) is 4.77. The number of rotatable bonds is 10. The second-order valence-electron chi connectivity index (χ2n) is 13.2. The second-order valence-corrected chi connectivity index (χ2v) is 13.2. The van der Waals surface area contributed by atoms with Crippen LogP contribution in [0.15, 0.2) is 78.9 Å². The first-order chi connectivity index (χ1) is 25.5. The maximum Gasteiger partial charge on any atom is 0.416 e. The van der Waals surface area contributed by atoms with Crippen molar-refractivity contribution >= 4 is 23.5 Å². The molecule has 11 nitrogen and oxygen atoms in total. The molecule has 4 atom stereocenters. The Hall–Kier alpha value is -5.59. The van der Waals surface area contributed by atoms with Crippen molar-refractivity contribution < 1.29 is 36.7 Å². The summed E-state index contributed by atoms with van der Waals surface area (Å²) in [5.41, 5.74) is -0.392. The van der Waals surface area contributed by atoms with Gasteiger partial charge >= 0.3 is 6.18 Å². The van der Waals surface area contributed by atoms with Gasteiger partial charge in [-0.2, -0.15) is 23.5 Å². The molecule has 1 N–H and O–H groups in total. The van der Waals surface area contributed by atoms with Gasteiger partial charge in [0, 0.05) is 56.2 Å². The number of piperidine rings is 1. The molecule has 274 valence electrons. The van der Waals surface area contributed by atoms with E-state index >= 15 is 0 Å². The van der Waals surface area contributed by atoms with Crippen molar-refractivity contribution in [1.29, 1.82) is 5.26 Å². The second kappa shape index (κ2) is 14.4. The molecule has 3 amide bonds. The lowest BCUT2D eigenvalue weighted by molar-refractivity contribution is -0.180. The van der Waals surface area contributed by atoms with Gasteiger partial charge in [0.1, 0.15) is 24.2 Å². The number of halogens is 4. The maximum absolute atomic E-state index is 14.7. The Morgan fingerprint density at radius 1 is 1.04 bits per heavy atom. The molecule has 4 aliphatic rings. The number of hydrogen-bond acceptors (Lipinski definition) is 7. The predicted molar refractivity (Wildman–Crippen MR) is 184 cm³/mol. The van der Waals surface area contributed by atoms with Crippen LogP contribution in [0.4, 0.5) is 23.4 Å². The van der Waals surface area contributed by atoms with E-state index in [0.29, 0.717) is 37.0 Å². The lowest BCUT2D eigenvalue weighted by Crippen LogP contribution is -2.58.